The third kappa shape index (κ3) is 4.35. The molecular weight excluding hydrogens is 330 g/mol. The Labute approximate surface area is 160 Å². The Kier molecular flexibility index (Phi) is 5.15. The maximum atomic E-state index is 12.6. The van der Waals surface area contributed by atoms with E-state index >= 15 is 0 Å². The monoisotopic (exact) mass is 353 g/mol. The lowest BCUT2D eigenvalue weighted by molar-refractivity contribution is 0.102. The van der Waals surface area contributed by atoms with Crippen molar-refractivity contribution in [1.29, 1.82) is 0 Å². The van der Waals surface area contributed by atoms with Crippen molar-refractivity contribution in [2.24, 2.45) is 0 Å². The number of benzene rings is 3. The summed E-state index contributed by atoms with van der Waals surface area (Å²) in [5, 5.41) is 3.00. The number of hydrogen-bond donors (Lipinski definition) is 1. The van der Waals surface area contributed by atoms with E-state index in [0.29, 0.717) is 0 Å². The fourth-order valence-corrected chi connectivity index (χ4v) is 3.51. The molecular formula is C25H23NO. The summed E-state index contributed by atoms with van der Waals surface area (Å²) in [6, 6.07) is 24.2. The summed E-state index contributed by atoms with van der Waals surface area (Å²) in [6.45, 7) is 0. The molecule has 1 amide bonds. The van der Waals surface area contributed by atoms with Gasteiger partial charge in [0.05, 0.1) is 0 Å². The first kappa shape index (κ1) is 17.3. The summed E-state index contributed by atoms with van der Waals surface area (Å²) >= 11 is 0. The normalized spacial score (nSPS) is 13.3. The molecule has 1 aliphatic rings. The number of carbonyl (C=O) groups excluding carboxylic acids is 1. The summed E-state index contributed by atoms with van der Waals surface area (Å²) in [6.07, 6.45) is 8.85. The molecule has 0 bridgehead atoms. The molecule has 0 aliphatic heterocycles. The first-order valence-electron chi connectivity index (χ1n) is 9.54. The summed E-state index contributed by atoms with van der Waals surface area (Å²) in [5.41, 5.74) is 6.55. The zero-order valence-electron chi connectivity index (χ0n) is 15.3. The number of carbonyl (C=O) groups is 1. The largest absolute Gasteiger partial charge is 0.322 e. The van der Waals surface area contributed by atoms with E-state index in [1.165, 1.54) is 29.5 Å². The maximum absolute atomic E-state index is 12.6. The molecule has 27 heavy (non-hydrogen) atoms. The van der Waals surface area contributed by atoms with E-state index < -0.39 is 0 Å². The van der Waals surface area contributed by atoms with E-state index in [9.17, 15) is 4.79 Å². The van der Waals surface area contributed by atoms with Crippen LogP contribution >= 0.6 is 0 Å². The van der Waals surface area contributed by atoms with Crippen molar-refractivity contribution in [3.8, 4) is 0 Å². The molecule has 0 spiro atoms. The van der Waals surface area contributed by atoms with Crippen LogP contribution in [0.2, 0.25) is 0 Å². The van der Waals surface area contributed by atoms with Crippen LogP contribution in [0.3, 0.4) is 0 Å². The second-order valence-corrected chi connectivity index (χ2v) is 7.01. The number of aryl methyl sites for hydroxylation is 2. The Bertz CT molecular complexity index is 955. The predicted molar refractivity (Wildman–Crippen MR) is 113 cm³/mol. The van der Waals surface area contributed by atoms with Gasteiger partial charge >= 0.3 is 0 Å². The van der Waals surface area contributed by atoms with Crippen molar-refractivity contribution in [2.75, 3.05) is 5.32 Å². The number of nitrogens with one attached hydrogen (secondary N) is 1. The molecule has 0 radical (unpaired) electrons. The van der Waals surface area contributed by atoms with E-state index in [1.807, 2.05) is 48.5 Å². The third-order valence-electron chi connectivity index (χ3n) is 5.05. The molecule has 4 rings (SSSR count). The molecule has 0 saturated heterocycles. The molecule has 0 saturated carbocycles. The van der Waals surface area contributed by atoms with Gasteiger partial charge in [-0.05, 0) is 72.2 Å². The van der Waals surface area contributed by atoms with Gasteiger partial charge in [0.25, 0.3) is 5.91 Å². The molecule has 0 atom stereocenters. The SMILES string of the molecule is O=C(Nc1ccc(/C=C/c2ccccc2)cc1)c1ccc2c(c1)CCCC2. The first-order valence-corrected chi connectivity index (χ1v) is 9.54. The highest BCUT2D eigenvalue weighted by molar-refractivity contribution is 6.04. The topological polar surface area (TPSA) is 29.1 Å². The fourth-order valence-electron chi connectivity index (χ4n) is 3.51. The van der Waals surface area contributed by atoms with Crippen LogP contribution in [0, 0.1) is 0 Å². The molecule has 0 unspecified atom stereocenters. The van der Waals surface area contributed by atoms with Crippen molar-refractivity contribution in [3.05, 3.63) is 101 Å². The number of amides is 1. The fraction of sp³-hybridized carbons (Fsp3) is 0.160. The summed E-state index contributed by atoms with van der Waals surface area (Å²) in [5.74, 6) is -0.0454. The lowest BCUT2D eigenvalue weighted by Crippen LogP contribution is -2.13. The molecule has 0 fully saturated rings. The van der Waals surface area contributed by atoms with Crippen LogP contribution in [0.4, 0.5) is 5.69 Å². The van der Waals surface area contributed by atoms with Crippen LogP contribution in [-0.2, 0) is 12.8 Å². The van der Waals surface area contributed by atoms with Crippen LogP contribution < -0.4 is 5.32 Å². The zero-order valence-corrected chi connectivity index (χ0v) is 15.3. The van der Waals surface area contributed by atoms with Gasteiger partial charge in [0.2, 0.25) is 0 Å². The Morgan fingerprint density at radius 2 is 1.41 bits per heavy atom. The molecule has 3 aromatic carbocycles. The average Bonchev–Trinajstić information content (AvgIpc) is 2.73. The van der Waals surface area contributed by atoms with Gasteiger partial charge in [-0.1, -0.05) is 60.7 Å². The average molecular weight is 353 g/mol. The van der Waals surface area contributed by atoms with Gasteiger partial charge < -0.3 is 5.32 Å². The Morgan fingerprint density at radius 1 is 0.741 bits per heavy atom. The van der Waals surface area contributed by atoms with Crippen LogP contribution in [0.1, 0.15) is 45.5 Å². The number of rotatable bonds is 4. The van der Waals surface area contributed by atoms with Gasteiger partial charge in [0, 0.05) is 11.3 Å². The lowest BCUT2D eigenvalue weighted by Gasteiger charge is -2.16. The lowest BCUT2D eigenvalue weighted by atomic mass is 9.90. The molecule has 0 heterocycles. The van der Waals surface area contributed by atoms with Gasteiger partial charge in [-0.3, -0.25) is 4.79 Å². The summed E-state index contributed by atoms with van der Waals surface area (Å²) in [7, 11) is 0. The van der Waals surface area contributed by atoms with Crippen LogP contribution in [0.5, 0.6) is 0 Å². The molecule has 2 heteroatoms. The van der Waals surface area contributed by atoms with Gasteiger partial charge in [0.15, 0.2) is 0 Å². The number of anilines is 1. The molecule has 0 aromatic heterocycles. The van der Waals surface area contributed by atoms with E-state index in [1.54, 1.807) is 0 Å². The van der Waals surface area contributed by atoms with Crippen LogP contribution in [0.25, 0.3) is 12.2 Å². The highest BCUT2D eigenvalue weighted by Gasteiger charge is 2.13. The van der Waals surface area contributed by atoms with E-state index in [4.69, 9.17) is 0 Å². The molecule has 1 aliphatic carbocycles. The van der Waals surface area contributed by atoms with Crippen molar-refractivity contribution in [1.82, 2.24) is 0 Å². The van der Waals surface area contributed by atoms with Crippen LogP contribution in [-0.4, -0.2) is 5.91 Å². The minimum absolute atomic E-state index is 0.0454. The molecule has 2 nitrogen and oxygen atoms in total. The predicted octanol–water partition coefficient (Wildman–Crippen LogP) is 5.99. The van der Waals surface area contributed by atoms with Crippen molar-refractivity contribution >= 4 is 23.7 Å². The maximum Gasteiger partial charge on any atom is 0.255 e. The molecule has 3 aromatic rings. The smallest absolute Gasteiger partial charge is 0.255 e. The zero-order chi connectivity index (χ0) is 18.5. The summed E-state index contributed by atoms with van der Waals surface area (Å²) in [4.78, 5) is 12.6. The number of hydrogen-bond acceptors (Lipinski definition) is 1. The third-order valence-corrected chi connectivity index (χ3v) is 5.05. The quantitative estimate of drug-likeness (QED) is 0.574. The highest BCUT2D eigenvalue weighted by Crippen LogP contribution is 2.23. The first-order chi connectivity index (χ1) is 13.3. The van der Waals surface area contributed by atoms with Crippen LogP contribution in [0.15, 0.2) is 72.8 Å². The Hall–Kier alpha value is -3.13. The van der Waals surface area contributed by atoms with E-state index in [2.05, 4.69) is 41.7 Å². The standard InChI is InChI=1S/C25H23NO/c27-25(23-15-14-21-8-4-5-9-22(21)18-23)26-24-16-12-20(13-17-24)11-10-19-6-2-1-3-7-19/h1-3,6-7,10-18H,4-5,8-9H2,(H,26,27)/b11-10+. The second kappa shape index (κ2) is 8.05. The summed E-state index contributed by atoms with van der Waals surface area (Å²) < 4.78 is 0. The van der Waals surface area contributed by atoms with E-state index in [-0.39, 0.29) is 5.91 Å². The van der Waals surface area contributed by atoms with Gasteiger partial charge in [-0.15, -0.1) is 0 Å². The Balaban J connectivity index is 1.42. The molecule has 134 valence electrons. The van der Waals surface area contributed by atoms with Crippen molar-refractivity contribution < 1.29 is 4.79 Å². The minimum Gasteiger partial charge on any atom is -0.322 e. The second-order valence-electron chi connectivity index (χ2n) is 7.01. The van der Waals surface area contributed by atoms with Gasteiger partial charge in [-0.25, -0.2) is 0 Å². The Morgan fingerprint density at radius 3 is 2.15 bits per heavy atom. The van der Waals surface area contributed by atoms with E-state index in [0.717, 1.165) is 29.7 Å². The number of fused-ring (bicyclic) bond motifs is 1. The van der Waals surface area contributed by atoms with Gasteiger partial charge in [-0.2, -0.15) is 0 Å². The van der Waals surface area contributed by atoms with Crippen molar-refractivity contribution in [2.45, 2.75) is 25.7 Å². The highest BCUT2D eigenvalue weighted by atomic mass is 16.1. The molecule has 1 N–H and O–H groups in total. The van der Waals surface area contributed by atoms with Gasteiger partial charge in [0.1, 0.15) is 0 Å². The minimum atomic E-state index is -0.0454. The van der Waals surface area contributed by atoms with Crippen molar-refractivity contribution in [3.63, 3.8) is 0 Å².